The minimum atomic E-state index is -4.12. The van der Waals surface area contributed by atoms with Gasteiger partial charge in [0.2, 0.25) is 0 Å². The van der Waals surface area contributed by atoms with Gasteiger partial charge in [-0.15, -0.1) is 0 Å². The number of aromatic nitrogens is 1. The Morgan fingerprint density at radius 3 is 2.62 bits per heavy atom. The molecular weight excluding hydrogens is 306 g/mol. The Morgan fingerprint density at radius 1 is 1.29 bits per heavy atom. The van der Waals surface area contributed by atoms with Crippen molar-refractivity contribution in [3.8, 4) is 0 Å². The SMILES string of the molecule is COC(=O)c1cc(S(=O)(=O)Nc2ccc(F)cc2F)c[nH]1. The number of rotatable bonds is 4. The van der Waals surface area contributed by atoms with E-state index in [1.165, 1.54) is 0 Å². The summed E-state index contributed by atoms with van der Waals surface area (Å²) in [6.45, 7) is 0. The Labute approximate surface area is 118 Å². The first-order valence-corrected chi connectivity index (χ1v) is 7.06. The van der Waals surface area contributed by atoms with Gasteiger partial charge in [0.25, 0.3) is 10.0 Å². The van der Waals surface area contributed by atoms with Gasteiger partial charge >= 0.3 is 5.97 Å². The van der Waals surface area contributed by atoms with Gasteiger partial charge in [0.15, 0.2) is 0 Å². The number of methoxy groups -OCH3 is 1. The summed E-state index contributed by atoms with van der Waals surface area (Å²) < 4.78 is 56.6. The number of esters is 1. The zero-order chi connectivity index (χ0) is 15.6. The number of hydrogen-bond donors (Lipinski definition) is 2. The van der Waals surface area contributed by atoms with Gasteiger partial charge in [-0.25, -0.2) is 22.0 Å². The lowest BCUT2D eigenvalue weighted by Crippen LogP contribution is -2.13. The second kappa shape index (κ2) is 5.52. The molecule has 0 fully saturated rings. The van der Waals surface area contributed by atoms with Crippen LogP contribution in [0.3, 0.4) is 0 Å². The predicted octanol–water partition coefficient (Wildman–Crippen LogP) is 1.88. The zero-order valence-electron chi connectivity index (χ0n) is 10.7. The molecule has 0 bridgehead atoms. The normalized spacial score (nSPS) is 11.2. The van der Waals surface area contributed by atoms with Crippen LogP contribution in [0.5, 0.6) is 0 Å². The van der Waals surface area contributed by atoms with Gasteiger partial charge in [-0.2, -0.15) is 0 Å². The quantitative estimate of drug-likeness (QED) is 0.843. The summed E-state index contributed by atoms with van der Waals surface area (Å²) >= 11 is 0. The van der Waals surface area contributed by atoms with Gasteiger partial charge in [0.1, 0.15) is 22.2 Å². The van der Waals surface area contributed by atoms with E-state index in [1.54, 1.807) is 0 Å². The number of carbonyl (C=O) groups is 1. The molecule has 112 valence electrons. The standard InChI is InChI=1S/C12H10F2N2O4S/c1-20-12(17)11-5-8(6-15-11)21(18,19)16-10-3-2-7(13)4-9(10)14/h2-6,15-16H,1H3. The third-order valence-corrected chi connectivity index (χ3v) is 3.89. The molecular formula is C12H10F2N2O4S. The number of carbonyl (C=O) groups excluding carboxylic acids is 1. The third-order valence-electron chi connectivity index (χ3n) is 2.55. The molecule has 1 heterocycles. The molecule has 0 spiro atoms. The summed E-state index contributed by atoms with van der Waals surface area (Å²) in [6.07, 6.45) is 1.05. The molecule has 21 heavy (non-hydrogen) atoms. The van der Waals surface area contributed by atoms with Crippen molar-refractivity contribution < 1.29 is 26.7 Å². The first-order chi connectivity index (χ1) is 9.83. The molecule has 6 nitrogen and oxygen atoms in total. The fourth-order valence-corrected chi connectivity index (χ4v) is 2.59. The molecule has 1 aromatic heterocycles. The summed E-state index contributed by atoms with van der Waals surface area (Å²) in [5, 5.41) is 0. The summed E-state index contributed by atoms with van der Waals surface area (Å²) in [5.41, 5.74) is -0.477. The Hall–Kier alpha value is -2.42. The van der Waals surface area contributed by atoms with E-state index in [4.69, 9.17) is 0 Å². The maximum absolute atomic E-state index is 13.4. The van der Waals surface area contributed by atoms with Crippen LogP contribution in [0.4, 0.5) is 14.5 Å². The van der Waals surface area contributed by atoms with E-state index in [9.17, 15) is 22.0 Å². The van der Waals surface area contributed by atoms with Crippen LogP contribution >= 0.6 is 0 Å². The fraction of sp³-hybridized carbons (Fsp3) is 0.0833. The number of sulfonamides is 1. The smallest absolute Gasteiger partial charge is 0.354 e. The molecule has 0 aliphatic carbocycles. The molecule has 0 unspecified atom stereocenters. The molecule has 0 radical (unpaired) electrons. The van der Waals surface area contributed by atoms with Gasteiger partial charge in [0, 0.05) is 12.3 Å². The third kappa shape index (κ3) is 3.19. The fourth-order valence-electron chi connectivity index (χ4n) is 1.53. The lowest BCUT2D eigenvalue weighted by atomic mass is 10.3. The lowest BCUT2D eigenvalue weighted by molar-refractivity contribution is 0.0594. The maximum Gasteiger partial charge on any atom is 0.354 e. The average molecular weight is 316 g/mol. The molecule has 9 heteroatoms. The Morgan fingerprint density at radius 2 is 2.00 bits per heavy atom. The van der Waals surface area contributed by atoms with E-state index in [0.29, 0.717) is 6.07 Å². The van der Waals surface area contributed by atoms with Crippen molar-refractivity contribution in [2.24, 2.45) is 0 Å². The van der Waals surface area contributed by atoms with Crippen molar-refractivity contribution in [2.75, 3.05) is 11.8 Å². The van der Waals surface area contributed by atoms with E-state index in [0.717, 1.165) is 31.5 Å². The van der Waals surface area contributed by atoms with Crippen molar-refractivity contribution in [3.05, 3.63) is 47.8 Å². The number of ether oxygens (including phenoxy) is 1. The minimum Gasteiger partial charge on any atom is -0.464 e. The number of hydrogen-bond acceptors (Lipinski definition) is 4. The van der Waals surface area contributed by atoms with Crippen LogP contribution in [-0.2, 0) is 14.8 Å². The van der Waals surface area contributed by atoms with E-state index < -0.39 is 33.3 Å². The first-order valence-electron chi connectivity index (χ1n) is 5.58. The topological polar surface area (TPSA) is 88.3 Å². The number of benzene rings is 1. The highest BCUT2D eigenvalue weighted by Crippen LogP contribution is 2.20. The highest BCUT2D eigenvalue weighted by atomic mass is 32.2. The van der Waals surface area contributed by atoms with Crippen molar-refractivity contribution in [2.45, 2.75) is 4.90 Å². The number of anilines is 1. The number of H-pyrrole nitrogens is 1. The molecule has 2 N–H and O–H groups in total. The predicted molar refractivity (Wildman–Crippen MR) is 69.3 cm³/mol. The summed E-state index contributed by atoms with van der Waals surface area (Å²) in [6, 6.07) is 3.46. The Bertz CT molecular complexity index is 786. The molecule has 0 aliphatic rings. The summed E-state index contributed by atoms with van der Waals surface area (Å²) in [4.78, 5) is 13.4. The van der Waals surface area contributed by atoms with Gasteiger partial charge in [0.05, 0.1) is 12.8 Å². The largest absolute Gasteiger partial charge is 0.464 e. The number of halogens is 2. The summed E-state index contributed by atoms with van der Waals surface area (Å²) in [5.74, 6) is -2.63. The van der Waals surface area contributed by atoms with Crippen molar-refractivity contribution in [3.63, 3.8) is 0 Å². The molecule has 0 atom stereocenters. The number of aromatic amines is 1. The van der Waals surface area contributed by atoms with Crippen LogP contribution in [0.1, 0.15) is 10.5 Å². The van der Waals surface area contributed by atoms with Gasteiger partial charge in [-0.05, 0) is 18.2 Å². The zero-order valence-corrected chi connectivity index (χ0v) is 11.5. The van der Waals surface area contributed by atoms with E-state index in [2.05, 4.69) is 9.72 Å². The Kier molecular flexibility index (Phi) is 3.94. The lowest BCUT2D eigenvalue weighted by Gasteiger charge is -2.07. The monoisotopic (exact) mass is 316 g/mol. The second-order valence-electron chi connectivity index (χ2n) is 3.97. The van der Waals surface area contributed by atoms with Crippen molar-refractivity contribution in [1.82, 2.24) is 4.98 Å². The molecule has 2 aromatic rings. The van der Waals surface area contributed by atoms with Crippen LogP contribution < -0.4 is 4.72 Å². The molecule has 0 saturated carbocycles. The molecule has 0 aliphatic heterocycles. The van der Waals surface area contributed by atoms with Gasteiger partial charge in [-0.3, -0.25) is 4.72 Å². The highest BCUT2D eigenvalue weighted by Gasteiger charge is 2.20. The average Bonchev–Trinajstić information content (AvgIpc) is 2.91. The minimum absolute atomic E-state index is 0.0718. The van der Waals surface area contributed by atoms with Crippen molar-refractivity contribution in [1.29, 1.82) is 0 Å². The van der Waals surface area contributed by atoms with Crippen LogP contribution in [0, 0.1) is 11.6 Å². The maximum atomic E-state index is 13.4. The van der Waals surface area contributed by atoms with E-state index >= 15 is 0 Å². The van der Waals surface area contributed by atoms with Gasteiger partial charge in [-0.1, -0.05) is 0 Å². The van der Waals surface area contributed by atoms with Crippen LogP contribution in [-0.4, -0.2) is 26.5 Å². The van der Waals surface area contributed by atoms with Crippen molar-refractivity contribution >= 4 is 21.7 Å². The van der Waals surface area contributed by atoms with E-state index in [-0.39, 0.29) is 10.6 Å². The second-order valence-corrected chi connectivity index (χ2v) is 5.65. The molecule has 2 rings (SSSR count). The van der Waals surface area contributed by atoms with Gasteiger partial charge < -0.3 is 9.72 Å². The molecule has 0 amide bonds. The van der Waals surface area contributed by atoms with Crippen LogP contribution in [0.25, 0.3) is 0 Å². The molecule has 0 saturated heterocycles. The van der Waals surface area contributed by atoms with E-state index in [1.807, 2.05) is 4.72 Å². The highest BCUT2D eigenvalue weighted by molar-refractivity contribution is 7.92. The number of nitrogens with one attached hydrogen (secondary N) is 2. The Balaban J connectivity index is 2.30. The van der Waals surface area contributed by atoms with Crippen LogP contribution in [0.2, 0.25) is 0 Å². The summed E-state index contributed by atoms with van der Waals surface area (Å²) in [7, 11) is -2.98. The first kappa shape index (κ1) is 15.0. The van der Waals surface area contributed by atoms with Crippen LogP contribution in [0.15, 0.2) is 35.4 Å². The molecule has 1 aromatic carbocycles.